The quantitative estimate of drug-likeness (QED) is 0.775. The number of anilines is 1. The van der Waals surface area contributed by atoms with Crippen LogP contribution >= 0.6 is 0 Å². The Morgan fingerprint density at radius 3 is 2.62 bits per heavy atom. The van der Waals surface area contributed by atoms with Gasteiger partial charge in [0.05, 0.1) is 17.7 Å². The zero-order valence-electron chi connectivity index (χ0n) is 13.8. The summed E-state index contributed by atoms with van der Waals surface area (Å²) in [5, 5.41) is 6.57. The predicted molar refractivity (Wildman–Crippen MR) is 90.9 cm³/mol. The topological polar surface area (TPSA) is 56.9 Å². The lowest BCUT2D eigenvalue weighted by atomic mass is 9.84. The molecule has 0 unspecified atom stereocenters. The van der Waals surface area contributed by atoms with Gasteiger partial charge in [0.25, 0.3) is 0 Å². The number of amides is 1. The third-order valence-electron chi connectivity index (χ3n) is 4.95. The van der Waals surface area contributed by atoms with Crippen LogP contribution in [0, 0.1) is 17.6 Å². The van der Waals surface area contributed by atoms with E-state index in [1.165, 1.54) is 19.3 Å². The number of aromatic nitrogens is 1. The summed E-state index contributed by atoms with van der Waals surface area (Å²) in [7, 11) is 0. The molecular weight excluding hydrogens is 312 g/mol. The van der Waals surface area contributed by atoms with Crippen LogP contribution in [-0.2, 0) is 4.79 Å². The van der Waals surface area contributed by atoms with Gasteiger partial charge in [0, 0.05) is 23.7 Å². The minimum absolute atomic E-state index is 0.0770. The van der Waals surface area contributed by atoms with Crippen LogP contribution in [-0.4, -0.2) is 23.5 Å². The Morgan fingerprint density at radius 2 is 1.92 bits per heavy atom. The Balaban J connectivity index is 1.54. The van der Waals surface area contributed by atoms with E-state index in [4.69, 9.17) is 0 Å². The summed E-state index contributed by atoms with van der Waals surface area (Å²) in [5.74, 6) is -1.08. The molecule has 2 aromatic rings. The third-order valence-corrected chi connectivity index (χ3v) is 4.95. The summed E-state index contributed by atoms with van der Waals surface area (Å²) in [4.78, 5) is 15.0. The largest absolute Gasteiger partial charge is 0.374 e. The van der Waals surface area contributed by atoms with Crippen molar-refractivity contribution < 1.29 is 13.6 Å². The summed E-state index contributed by atoms with van der Waals surface area (Å²) in [6.07, 6.45) is 7.22. The van der Waals surface area contributed by atoms with Crippen LogP contribution in [0.25, 0.3) is 10.9 Å². The normalized spacial score (nSPS) is 21.0. The van der Waals surface area contributed by atoms with Crippen LogP contribution < -0.4 is 10.6 Å². The number of hydrogen-bond donors (Lipinski definition) is 3. The zero-order valence-corrected chi connectivity index (χ0v) is 13.8. The van der Waals surface area contributed by atoms with Crippen molar-refractivity contribution in [1.29, 1.82) is 0 Å². The second kappa shape index (κ2) is 7.20. The van der Waals surface area contributed by atoms with Gasteiger partial charge in [-0.3, -0.25) is 4.79 Å². The number of fused-ring (bicyclic) bond motifs is 1. The first-order chi connectivity index (χ1) is 11.6. The van der Waals surface area contributed by atoms with Crippen molar-refractivity contribution in [3.8, 4) is 0 Å². The minimum Gasteiger partial charge on any atom is -0.374 e. The number of rotatable bonds is 5. The van der Waals surface area contributed by atoms with Crippen LogP contribution in [0.5, 0.6) is 0 Å². The molecule has 24 heavy (non-hydrogen) atoms. The molecule has 3 rings (SSSR count). The average molecular weight is 335 g/mol. The molecule has 0 saturated heterocycles. The van der Waals surface area contributed by atoms with Gasteiger partial charge in [0.15, 0.2) is 11.6 Å². The first-order valence-electron chi connectivity index (χ1n) is 8.56. The molecule has 0 atom stereocenters. The van der Waals surface area contributed by atoms with Gasteiger partial charge < -0.3 is 15.6 Å². The summed E-state index contributed by atoms with van der Waals surface area (Å²) in [6, 6.07) is 2.49. The second-order valence-corrected chi connectivity index (χ2v) is 6.56. The number of hydrogen-bond acceptors (Lipinski definition) is 2. The van der Waals surface area contributed by atoms with Crippen molar-refractivity contribution in [2.24, 2.45) is 5.92 Å². The number of H-pyrrole nitrogens is 1. The molecule has 0 bridgehead atoms. The van der Waals surface area contributed by atoms with Gasteiger partial charge in [0.2, 0.25) is 5.91 Å². The molecule has 1 aliphatic carbocycles. The van der Waals surface area contributed by atoms with Crippen molar-refractivity contribution in [3.05, 3.63) is 30.0 Å². The highest BCUT2D eigenvalue weighted by Crippen LogP contribution is 2.27. The number of benzene rings is 1. The molecule has 0 aliphatic heterocycles. The van der Waals surface area contributed by atoms with E-state index in [0.29, 0.717) is 16.6 Å². The Kier molecular flexibility index (Phi) is 5.02. The van der Waals surface area contributed by atoms with Crippen molar-refractivity contribution in [2.75, 3.05) is 11.9 Å². The van der Waals surface area contributed by atoms with Gasteiger partial charge in [0.1, 0.15) is 0 Å². The van der Waals surface area contributed by atoms with Crippen LogP contribution in [0.2, 0.25) is 0 Å². The maximum absolute atomic E-state index is 13.4. The van der Waals surface area contributed by atoms with Crippen LogP contribution in [0.15, 0.2) is 18.3 Å². The molecule has 1 heterocycles. The molecule has 1 aromatic heterocycles. The van der Waals surface area contributed by atoms with E-state index in [0.717, 1.165) is 30.9 Å². The molecule has 1 aliphatic rings. The van der Waals surface area contributed by atoms with Gasteiger partial charge in [-0.1, -0.05) is 13.3 Å². The molecule has 0 spiro atoms. The second-order valence-electron chi connectivity index (χ2n) is 6.56. The Bertz CT molecular complexity index is 720. The van der Waals surface area contributed by atoms with Gasteiger partial charge in [-0.05, 0) is 37.7 Å². The lowest BCUT2D eigenvalue weighted by Crippen LogP contribution is -2.40. The maximum Gasteiger partial charge on any atom is 0.239 e. The van der Waals surface area contributed by atoms with E-state index >= 15 is 0 Å². The summed E-state index contributed by atoms with van der Waals surface area (Å²) >= 11 is 0. The highest BCUT2D eigenvalue weighted by atomic mass is 19.2. The first-order valence-corrected chi connectivity index (χ1v) is 8.56. The predicted octanol–water partition coefficient (Wildman–Crippen LogP) is 3.94. The van der Waals surface area contributed by atoms with Gasteiger partial charge in [-0.2, -0.15) is 0 Å². The van der Waals surface area contributed by atoms with Crippen molar-refractivity contribution in [1.82, 2.24) is 10.3 Å². The summed E-state index contributed by atoms with van der Waals surface area (Å²) in [6.45, 7) is 2.32. The van der Waals surface area contributed by atoms with E-state index in [-0.39, 0.29) is 18.5 Å². The van der Waals surface area contributed by atoms with Crippen molar-refractivity contribution in [2.45, 2.75) is 45.1 Å². The molecule has 130 valence electrons. The van der Waals surface area contributed by atoms with Gasteiger partial charge in [-0.15, -0.1) is 0 Å². The van der Waals surface area contributed by atoms with E-state index < -0.39 is 11.6 Å². The molecule has 3 N–H and O–H groups in total. The zero-order chi connectivity index (χ0) is 17.1. The molecule has 1 amide bonds. The SMILES string of the molecule is CCC1CCC(NC(=O)CNc2c[nH]c3cc(F)c(F)cc23)CC1. The Hall–Kier alpha value is -2.11. The van der Waals surface area contributed by atoms with E-state index in [2.05, 4.69) is 22.5 Å². The van der Waals surface area contributed by atoms with E-state index in [9.17, 15) is 13.6 Å². The third kappa shape index (κ3) is 3.68. The van der Waals surface area contributed by atoms with Gasteiger partial charge in [-0.25, -0.2) is 8.78 Å². The maximum atomic E-state index is 13.4. The lowest BCUT2D eigenvalue weighted by molar-refractivity contribution is -0.120. The monoisotopic (exact) mass is 335 g/mol. The number of halogens is 2. The molecule has 1 fully saturated rings. The summed E-state index contributed by atoms with van der Waals surface area (Å²) < 4.78 is 26.6. The van der Waals surface area contributed by atoms with Gasteiger partial charge >= 0.3 is 0 Å². The number of nitrogens with one attached hydrogen (secondary N) is 3. The van der Waals surface area contributed by atoms with Crippen molar-refractivity contribution >= 4 is 22.5 Å². The van der Waals surface area contributed by atoms with E-state index in [1.807, 2.05) is 0 Å². The smallest absolute Gasteiger partial charge is 0.239 e. The number of aromatic amines is 1. The molecular formula is C18H23F2N3O. The van der Waals surface area contributed by atoms with Crippen LogP contribution in [0.1, 0.15) is 39.0 Å². The Morgan fingerprint density at radius 1 is 1.21 bits per heavy atom. The van der Waals surface area contributed by atoms with Crippen molar-refractivity contribution in [3.63, 3.8) is 0 Å². The summed E-state index contributed by atoms with van der Waals surface area (Å²) in [5.41, 5.74) is 1.09. The fourth-order valence-corrected chi connectivity index (χ4v) is 3.43. The lowest BCUT2D eigenvalue weighted by Gasteiger charge is -2.28. The Labute approximate surface area is 140 Å². The molecule has 6 heteroatoms. The number of carbonyl (C=O) groups excluding carboxylic acids is 1. The standard InChI is InChI=1S/C18H23F2N3O/c1-2-11-3-5-12(6-4-11)23-18(24)10-22-17-9-21-16-8-15(20)14(19)7-13(16)17/h7-9,11-12,21-22H,2-6,10H2,1H3,(H,23,24). The minimum atomic E-state index is -0.901. The fourth-order valence-electron chi connectivity index (χ4n) is 3.43. The van der Waals surface area contributed by atoms with E-state index in [1.54, 1.807) is 6.20 Å². The van der Waals surface area contributed by atoms with Crippen LogP contribution in [0.3, 0.4) is 0 Å². The average Bonchev–Trinajstić information content (AvgIpc) is 2.96. The molecule has 0 radical (unpaired) electrons. The molecule has 1 aromatic carbocycles. The highest BCUT2D eigenvalue weighted by molar-refractivity contribution is 5.94. The fraction of sp³-hybridized carbons (Fsp3) is 0.500. The molecule has 1 saturated carbocycles. The highest BCUT2D eigenvalue weighted by Gasteiger charge is 2.21. The first kappa shape index (κ1) is 16.7. The number of carbonyl (C=O) groups is 1. The van der Waals surface area contributed by atoms with Crippen LogP contribution in [0.4, 0.5) is 14.5 Å². The molecule has 4 nitrogen and oxygen atoms in total.